The average Bonchev–Trinajstić information content (AvgIpc) is 3.24. The van der Waals surface area contributed by atoms with Crippen molar-refractivity contribution in [3.05, 3.63) is 102 Å². The van der Waals surface area contributed by atoms with Gasteiger partial charge in [-0.25, -0.2) is 4.68 Å². The normalized spacial score (nSPS) is 16.0. The van der Waals surface area contributed by atoms with Gasteiger partial charge in [0.15, 0.2) is 0 Å². The number of benzene rings is 2. The molecule has 3 heterocycles. The molecule has 1 atom stereocenters. The fourth-order valence-electron chi connectivity index (χ4n) is 3.82. The van der Waals surface area contributed by atoms with Gasteiger partial charge in [-0.1, -0.05) is 48.5 Å². The first-order valence-corrected chi connectivity index (χ1v) is 8.93. The van der Waals surface area contributed by atoms with Crippen LogP contribution >= 0.6 is 0 Å². The van der Waals surface area contributed by atoms with Gasteiger partial charge in [0.1, 0.15) is 5.82 Å². The van der Waals surface area contributed by atoms with Gasteiger partial charge in [-0.2, -0.15) is 5.10 Å². The lowest BCUT2D eigenvalue weighted by Gasteiger charge is -2.18. The SMILES string of the molecule is Cc1nn(-c2ccccc2)c2c1CNC(c1ccccc1)c1cccn1-2. The van der Waals surface area contributed by atoms with Gasteiger partial charge < -0.3 is 9.88 Å². The molecule has 2 aromatic carbocycles. The third kappa shape index (κ3) is 2.30. The molecule has 1 unspecified atom stereocenters. The Kier molecular flexibility index (Phi) is 3.50. The van der Waals surface area contributed by atoms with Crippen LogP contribution in [0.4, 0.5) is 0 Å². The van der Waals surface area contributed by atoms with Crippen molar-refractivity contribution in [1.29, 1.82) is 0 Å². The fraction of sp³-hybridized carbons (Fsp3) is 0.136. The molecule has 1 N–H and O–H groups in total. The molecular formula is C22H20N4. The van der Waals surface area contributed by atoms with Crippen LogP contribution in [0.3, 0.4) is 0 Å². The predicted octanol–water partition coefficient (Wildman–Crippen LogP) is 4.16. The Bertz CT molecular complexity index is 1040. The highest BCUT2D eigenvalue weighted by atomic mass is 15.4. The Labute approximate surface area is 152 Å². The van der Waals surface area contributed by atoms with Crippen LogP contribution in [-0.2, 0) is 6.54 Å². The van der Waals surface area contributed by atoms with Gasteiger partial charge >= 0.3 is 0 Å². The molecular weight excluding hydrogens is 320 g/mol. The number of nitrogens with one attached hydrogen (secondary N) is 1. The molecule has 0 spiro atoms. The summed E-state index contributed by atoms with van der Waals surface area (Å²) in [7, 11) is 0. The first kappa shape index (κ1) is 15.2. The van der Waals surface area contributed by atoms with Gasteiger partial charge in [0.05, 0.1) is 17.4 Å². The van der Waals surface area contributed by atoms with E-state index in [2.05, 4.69) is 94.4 Å². The van der Waals surface area contributed by atoms with Gasteiger partial charge in [0.2, 0.25) is 0 Å². The lowest BCUT2D eigenvalue weighted by Crippen LogP contribution is -2.21. The van der Waals surface area contributed by atoms with Crippen molar-refractivity contribution in [1.82, 2.24) is 19.7 Å². The summed E-state index contributed by atoms with van der Waals surface area (Å²) in [5.74, 6) is 1.12. The second kappa shape index (κ2) is 6.00. The maximum atomic E-state index is 4.84. The Morgan fingerprint density at radius 1 is 0.923 bits per heavy atom. The van der Waals surface area contributed by atoms with E-state index in [0.717, 1.165) is 23.7 Å². The van der Waals surface area contributed by atoms with Crippen LogP contribution in [0.25, 0.3) is 11.5 Å². The number of hydrogen-bond acceptors (Lipinski definition) is 2. The molecule has 4 heteroatoms. The summed E-state index contributed by atoms with van der Waals surface area (Å²) in [5, 5.41) is 8.56. The standard InChI is InChI=1S/C22H20N4/c1-16-19-15-23-21(17-9-4-2-5-10-17)20-13-8-14-25(20)22(19)26(24-16)18-11-6-3-7-12-18/h2-14,21,23H,15H2,1H3. The van der Waals surface area contributed by atoms with Crippen LogP contribution < -0.4 is 5.32 Å². The minimum absolute atomic E-state index is 0.155. The summed E-state index contributed by atoms with van der Waals surface area (Å²) in [4.78, 5) is 0. The highest BCUT2D eigenvalue weighted by molar-refractivity contribution is 5.49. The van der Waals surface area contributed by atoms with E-state index in [4.69, 9.17) is 5.10 Å². The number of aryl methyl sites for hydroxylation is 1. The number of fused-ring (bicyclic) bond motifs is 3. The quantitative estimate of drug-likeness (QED) is 0.594. The summed E-state index contributed by atoms with van der Waals surface area (Å²) in [6, 6.07) is 25.4. The number of aromatic nitrogens is 3. The summed E-state index contributed by atoms with van der Waals surface area (Å²) in [6.45, 7) is 2.88. The number of para-hydroxylation sites is 1. The Morgan fingerprint density at radius 3 is 2.42 bits per heavy atom. The van der Waals surface area contributed by atoms with E-state index in [-0.39, 0.29) is 6.04 Å². The highest BCUT2D eigenvalue weighted by Gasteiger charge is 2.27. The van der Waals surface area contributed by atoms with Crippen LogP contribution in [0.5, 0.6) is 0 Å². The molecule has 0 radical (unpaired) electrons. The topological polar surface area (TPSA) is 34.8 Å². The molecule has 0 saturated carbocycles. The lowest BCUT2D eigenvalue weighted by atomic mass is 10.0. The van der Waals surface area contributed by atoms with E-state index in [1.165, 1.54) is 16.8 Å². The first-order chi connectivity index (χ1) is 12.8. The van der Waals surface area contributed by atoms with Gasteiger partial charge in [-0.15, -0.1) is 0 Å². The fourth-order valence-corrected chi connectivity index (χ4v) is 3.82. The maximum absolute atomic E-state index is 4.84. The highest BCUT2D eigenvalue weighted by Crippen LogP contribution is 2.32. The Hall–Kier alpha value is -3.11. The monoisotopic (exact) mass is 340 g/mol. The molecule has 0 bridgehead atoms. The summed E-state index contributed by atoms with van der Waals surface area (Å²) in [6.07, 6.45) is 2.14. The van der Waals surface area contributed by atoms with Crippen LogP contribution in [0.15, 0.2) is 79.0 Å². The molecule has 128 valence electrons. The molecule has 4 nitrogen and oxygen atoms in total. The minimum Gasteiger partial charge on any atom is -0.303 e. The largest absolute Gasteiger partial charge is 0.303 e. The summed E-state index contributed by atoms with van der Waals surface area (Å²) in [5.41, 5.74) is 5.88. The average molecular weight is 340 g/mol. The van der Waals surface area contributed by atoms with E-state index in [0.29, 0.717) is 0 Å². The lowest BCUT2D eigenvalue weighted by molar-refractivity contribution is 0.597. The number of rotatable bonds is 2. The molecule has 0 aliphatic carbocycles. The van der Waals surface area contributed by atoms with Gasteiger partial charge in [-0.05, 0) is 36.8 Å². The molecule has 5 rings (SSSR count). The van der Waals surface area contributed by atoms with E-state index >= 15 is 0 Å². The second-order valence-electron chi connectivity index (χ2n) is 6.66. The zero-order valence-corrected chi connectivity index (χ0v) is 14.6. The zero-order valence-electron chi connectivity index (χ0n) is 14.6. The predicted molar refractivity (Wildman–Crippen MR) is 103 cm³/mol. The van der Waals surface area contributed by atoms with E-state index in [1.54, 1.807) is 0 Å². The zero-order chi connectivity index (χ0) is 17.5. The van der Waals surface area contributed by atoms with Crippen LogP contribution in [0.2, 0.25) is 0 Å². The number of nitrogens with zero attached hydrogens (tertiary/aromatic N) is 3. The van der Waals surface area contributed by atoms with Crippen molar-refractivity contribution in [2.24, 2.45) is 0 Å². The van der Waals surface area contributed by atoms with Crippen molar-refractivity contribution in [2.45, 2.75) is 19.5 Å². The summed E-state index contributed by atoms with van der Waals surface area (Å²) < 4.78 is 4.34. The maximum Gasteiger partial charge on any atom is 0.145 e. The number of hydrogen-bond donors (Lipinski definition) is 1. The van der Waals surface area contributed by atoms with Crippen molar-refractivity contribution in [2.75, 3.05) is 0 Å². The molecule has 0 fully saturated rings. The third-order valence-electron chi connectivity index (χ3n) is 5.08. The van der Waals surface area contributed by atoms with Crippen LogP contribution in [0, 0.1) is 6.92 Å². The van der Waals surface area contributed by atoms with Crippen molar-refractivity contribution in [3.63, 3.8) is 0 Å². The first-order valence-electron chi connectivity index (χ1n) is 8.93. The molecule has 1 aliphatic heterocycles. The van der Waals surface area contributed by atoms with Crippen molar-refractivity contribution >= 4 is 0 Å². The molecule has 0 saturated heterocycles. The second-order valence-corrected chi connectivity index (χ2v) is 6.66. The molecule has 2 aromatic heterocycles. The van der Waals surface area contributed by atoms with E-state index in [9.17, 15) is 0 Å². The van der Waals surface area contributed by atoms with E-state index in [1.807, 2.05) is 6.07 Å². The van der Waals surface area contributed by atoms with Crippen LogP contribution in [-0.4, -0.2) is 14.3 Å². The smallest absolute Gasteiger partial charge is 0.145 e. The Morgan fingerprint density at radius 2 is 1.65 bits per heavy atom. The molecule has 26 heavy (non-hydrogen) atoms. The molecule has 1 aliphatic rings. The van der Waals surface area contributed by atoms with Gasteiger partial charge in [0, 0.05) is 24.0 Å². The van der Waals surface area contributed by atoms with Crippen molar-refractivity contribution < 1.29 is 0 Å². The van der Waals surface area contributed by atoms with E-state index < -0.39 is 0 Å². The van der Waals surface area contributed by atoms with Crippen molar-refractivity contribution in [3.8, 4) is 11.5 Å². The molecule has 4 aromatic rings. The van der Waals surface area contributed by atoms with Gasteiger partial charge in [0.25, 0.3) is 0 Å². The summed E-state index contributed by atoms with van der Waals surface area (Å²) >= 11 is 0. The molecule has 0 amide bonds. The Balaban J connectivity index is 1.72. The third-order valence-corrected chi connectivity index (χ3v) is 5.08. The van der Waals surface area contributed by atoms with Gasteiger partial charge in [-0.3, -0.25) is 0 Å². The minimum atomic E-state index is 0.155. The van der Waals surface area contributed by atoms with Crippen LogP contribution in [0.1, 0.15) is 28.6 Å².